The summed E-state index contributed by atoms with van der Waals surface area (Å²) in [6.07, 6.45) is 3.55. The smallest absolute Gasteiger partial charge is 0.252 e. The molecule has 0 fully saturated rings. The highest BCUT2D eigenvalue weighted by atomic mass is 19.1. The van der Waals surface area contributed by atoms with Crippen molar-refractivity contribution < 1.29 is 14.3 Å². The molecule has 1 amide bonds. The quantitative estimate of drug-likeness (QED) is 0.740. The summed E-state index contributed by atoms with van der Waals surface area (Å²) in [7, 11) is 0. The Morgan fingerprint density at radius 3 is 3.05 bits per heavy atom. The number of aliphatic hydroxyl groups excluding tert-OH is 1. The lowest BCUT2D eigenvalue weighted by molar-refractivity contribution is 0.0950. The van der Waals surface area contributed by atoms with Crippen LogP contribution in [0.1, 0.15) is 27.9 Å². The van der Waals surface area contributed by atoms with Gasteiger partial charge in [0.2, 0.25) is 0 Å². The SMILES string of the molecule is O=C(NCc1cn[nH]c1)c1cc(F)ccc1C#CCCO. The number of rotatable bonds is 4. The van der Waals surface area contributed by atoms with Gasteiger partial charge >= 0.3 is 0 Å². The summed E-state index contributed by atoms with van der Waals surface area (Å²) < 4.78 is 13.3. The summed E-state index contributed by atoms with van der Waals surface area (Å²) in [6, 6.07) is 3.84. The van der Waals surface area contributed by atoms with Gasteiger partial charge in [0.15, 0.2) is 0 Å². The Bertz CT molecular complexity index is 672. The van der Waals surface area contributed by atoms with E-state index in [0.717, 1.165) is 11.6 Å². The number of amides is 1. The lowest BCUT2D eigenvalue weighted by Crippen LogP contribution is -2.23. The van der Waals surface area contributed by atoms with Gasteiger partial charge in [-0.2, -0.15) is 5.10 Å². The van der Waals surface area contributed by atoms with E-state index in [-0.39, 0.29) is 18.7 Å². The molecule has 0 atom stereocenters. The fourth-order valence-corrected chi connectivity index (χ4v) is 1.68. The third kappa shape index (κ3) is 4.16. The molecule has 0 saturated carbocycles. The minimum atomic E-state index is -0.504. The van der Waals surface area contributed by atoms with Crippen LogP contribution in [0.4, 0.5) is 4.39 Å². The molecule has 2 rings (SSSR count). The van der Waals surface area contributed by atoms with Crippen LogP contribution in [-0.4, -0.2) is 27.8 Å². The number of aromatic nitrogens is 2. The van der Waals surface area contributed by atoms with Crippen LogP contribution in [0.3, 0.4) is 0 Å². The van der Waals surface area contributed by atoms with Crippen molar-refractivity contribution in [1.29, 1.82) is 0 Å². The third-order valence-electron chi connectivity index (χ3n) is 2.69. The van der Waals surface area contributed by atoms with E-state index in [1.54, 1.807) is 12.4 Å². The summed E-state index contributed by atoms with van der Waals surface area (Å²) in [6.45, 7) is 0.228. The molecule has 3 N–H and O–H groups in total. The van der Waals surface area contributed by atoms with Gasteiger partial charge in [0.25, 0.3) is 5.91 Å². The van der Waals surface area contributed by atoms with Crippen molar-refractivity contribution in [2.45, 2.75) is 13.0 Å². The Morgan fingerprint density at radius 1 is 1.48 bits per heavy atom. The van der Waals surface area contributed by atoms with Crippen molar-refractivity contribution >= 4 is 5.91 Å². The molecule has 0 aliphatic heterocycles. The van der Waals surface area contributed by atoms with Gasteiger partial charge < -0.3 is 10.4 Å². The molecule has 1 heterocycles. The predicted molar refractivity (Wildman–Crippen MR) is 74.7 cm³/mol. The summed E-state index contributed by atoms with van der Waals surface area (Å²) in [5.41, 5.74) is 1.41. The van der Waals surface area contributed by atoms with Crippen molar-refractivity contribution in [1.82, 2.24) is 15.5 Å². The van der Waals surface area contributed by atoms with E-state index in [2.05, 4.69) is 27.4 Å². The molecule has 0 aliphatic rings. The van der Waals surface area contributed by atoms with Crippen molar-refractivity contribution in [3.63, 3.8) is 0 Å². The Balaban J connectivity index is 2.15. The largest absolute Gasteiger partial charge is 0.395 e. The van der Waals surface area contributed by atoms with Crippen molar-refractivity contribution in [3.8, 4) is 11.8 Å². The van der Waals surface area contributed by atoms with Crippen LogP contribution < -0.4 is 5.32 Å². The molecule has 1 aromatic heterocycles. The van der Waals surface area contributed by atoms with E-state index in [0.29, 0.717) is 12.0 Å². The Morgan fingerprint density at radius 2 is 2.33 bits per heavy atom. The molecule has 0 aliphatic carbocycles. The number of aliphatic hydroxyl groups is 1. The zero-order chi connectivity index (χ0) is 15.1. The molecule has 108 valence electrons. The number of nitrogens with one attached hydrogen (secondary N) is 2. The number of aromatic amines is 1. The topological polar surface area (TPSA) is 78.0 Å². The normalized spacial score (nSPS) is 9.81. The highest BCUT2D eigenvalue weighted by Gasteiger charge is 2.11. The van der Waals surface area contributed by atoms with Gasteiger partial charge in [0.1, 0.15) is 5.82 Å². The number of hydrogen-bond acceptors (Lipinski definition) is 3. The molecule has 0 spiro atoms. The Labute approximate surface area is 121 Å². The number of hydrogen-bond donors (Lipinski definition) is 3. The molecule has 0 unspecified atom stereocenters. The van der Waals surface area contributed by atoms with E-state index in [9.17, 15) is 9.18 Å². The fraction of sp³-hybridized carbons (Fsp3) is 0.200. The van der Waals surface area contributed by atoms with Crippen LogP contribution in [0, 0.1) is 17.7 Å². The number of nitrogens with zero attached hydrogens (tertiary/aromatic N) is 1. The second-order valence-corrected chi connectivity index (χ2v) is 4.25. The van der Waals surface area contributed by atoms with Crippen LogP contribution in [0.25, 0.3) is 0 Å². The van der Waals surface area contributed by atoms with E-state index < -0.39 is 11.7 Å². The van der Waals surface area contributed by atoms with Crippen LogP contribution >= 0.6 is 0 Å². The van der Waals surface area contributed by atoms with Gasteiger partial charge in [-0.25, -0.2) is 4.39 Å². The minimum Gasteiger partial charge on any atom is -0.395 e. The first-order chi connectivity index (χ1) is 10.2. The number of H-pyrrole nitrogens is 1. The van der Waals surface area contributed by atoms with Gasteiger partial charge in [-0.05, 0) is 18.2 Å². The average Bonchev–Trinajstić information content (AvgIpc) is 3.00. The van der Waals surface area contributed by atoms with Crippen molar-refractivity contribution in [2.24, 2.45) is 0 Å². The third-order valence-corrected chi connectivity index (χ3v) is 2.69. The van der Waals surface area contributed by atoms with E-state index in [1.165, 1.54) is 12.1 Å². The zero-order valence-electron chi connectivity index (χ0n) is 11.2. The van der Waals surface area contributed by atoms with Crippen LogP contribution in [-0.2, 0) is 6.54 Å². The van der Waals surface area contributed by atoms with Gasteiger partial charge in [-0.15, -0.1) is 0 Å². The molecule has 2 aromatic rings. The van der Waals surface area contributed by atoms with E-state index >= 15 is 0 Å². The fourth-order valence-electron chi connectivity index (χ4n) is 1.68. The molecule has 0 bridgehead atoms. The van der Waals surface area contributed by atoms with Gasteiger partial charge in [0.05, 0.1) is 18.4 Å². The highest BCUT2D eigenvalue weighted by Crippen LogP contribution is 2.11. The summed E-state index contributed by atoms with van der Waals surface area (Å²) in [5, 5.41) is 17.8. The van der Waals surface area contributed by atoms with E-state index in [1.807, 2.05) is 0 Å². The maximum Gasteiger partial charge on any atom is 0.252 e. The molecule has 6 heteroatoms. The predicted octanol–water partition coefficient (Wildman–Crippen LogP) is 1.21. The summed E-state index contributed by atoms with van der Waals surface area (Å²) in [4.78, 5) is 12.1. The van der Waals surface area contributed by atoms with E-state index in [4.69, 9.17) is 5.11 Å². The molecule has 5 nitrogen and oxygen atoms in total. The average molecular weight is 287 g/mol. The first kappa shape index (κ1) is 14.8. The Hall–Kier alpha value is -2.65. The molecule has 21 heavy (non-hydrogen) atoms. The second-order valence-electron chi connectivity index (χ2n) is 4.25. The maximum atomic E-state index is 13.3. The number of carbonyl (C=O) groups is 1. The Kier molecular flexibility index (Phi) is 5.07. The lowest BCUT2D eigenvalue weighted by atomic mass is 10.1. The molecular weight excluding hydrogens is 273 g/mol. The first-order valence-electron chi connectivity index (χ1n) is 6.36. The van der Waals surface area contributed by atoms with Crippen LogP contribution in [0.2, 0.25) is 0 Å². The number of halogens is 1. The molecule has 0 radical (unpaired) electrons. The zero-order valence-corrected chi connectivity index (χ0v) is 11.2. The second kappa shape index (κ2) is 7.22. The van der Waals surface area contributed by atoms with Crippen LogP contribution in [0.15, 0.2) is 30.6 Å². The maximum absolute atomic E-state index is 13.3. The summed E-state index contributed by atoms with van der Waals surface area (Å²) in [5.74, 6) is 4.56. The first-order valence-corrected chi connectivity index (χ1v) is 6.36. The van der Waals surface area contributed by atoms with Crippen molar-refractivity contribution in [2.75, 3.05) is 6.61 Å². The van der Waals surface area contributed by atoms with Gasteiger partial charge in [-0.3, -0.25) is 9.89 Å². The van der Waals surface area contributed by atoms with Gasteiger partial charge in [0, 0.05) is 30.3 Å². The molecule has 0 saturated heterocycles. The molecular formula is C15H14FN3O2. The highest BCUT2D eigenvalue weighted by molar-refractivity contribution is 5.96. The van der Waals surface area contributed by atoms with Crippen LogP contribution in [0.5, 0.6) is 0 Å². The molecule has 1 aromatic carbocycles. The summed E-state index contributed by atoms with van der Waals surface area (Å²) >= 11 is 0. The number of benzene rings is 1. The minimum absolute atomic E-state index is 0.0593. The number of carbonyl (C=O) groups excluding carboxylic acids is 1. The van der Waals surface area contributed by atoms with Gasteiger partial charge in [-0.1, -0.05) is 11.8 Å². The lowest BCUT2D eigenvalue weighted by Gasteiger charge is -2.06. The standard InChI is InChI=1S/C15H14FN3O2/c16-13-5-4-12(3-1-2-6-20)14(7-13)15(21)17-8-11-9-18-19-10-11/h4-5,7,9-10,20H,2,6,8H2,(H,17,21)(H,18,19). The van der Waals surface area contributed by atoms with Crippen molar-refractivity contribution in [3.05, 3.63) is 53.1 Å². The monoisotopic (exact) mass is 287 g/mol.